The third kappa shape index (κ3) is 10.8. The molecule has 4 fully saturated rings. The van der Waals surface area contributed by atoms with Gasteiger partial charge in [0.2, 0.25) is 0 Å². The van der Waals surface area contributed by atoms with Crippen LogP contribution < -0.4 is 20.1 Å². The molecular weight excluding hydrogens is 801 g/mol. The molecule has 7 rings (SSSR count). The molecule has 0 saturated carbocycles. The third-order valence-corrected chi connectivity index (χ3v) is 13.5. The number of nitrogens with zero attached hydrogens (tertiary/aromatic N) is 6. The van der Waals surface area contributed by atoms with Crippen molar-refractivity contribution in [2.75, 3.05) is 66.6 Å². The van der Waals surface area contributed by atoms with Crippen LogP contribution in [0.25, 0.3) is 11.1 Å². The molecule has 340 valence electrons. The van der Waals surface area contributed by atoms with Gasteiger partial charge in [0.05, 0.1) is 26.4 Å². The van der Waals surface area contributed by atoms with Crippen LogP contribution in [0.4, 0.5) is 0 Å². The lowest BCUT2D eigenvalue weighted by Crippen LogP contribution is -2.46. The van der Waals surface area contributed by atoms with Crippen molar-refractivity contribution in [3.05, 3.63) is 70.8 Å². The summed E-state index contributed by atoms with van der Waals surface area (Å²) in [6.45, 7) is 12.5. The van der Waals surface area contributed by atoms with Crippen LogP contribution in [0.3, 0.4) is 0 Å². The Morgan fingerprint density at radius 1 is 0.714 bits per heavy atom. The highest BCUT2D eigenvalue weighted by atomic mass is 16.5. The minimum absolute atomic E-state index is 0.000136. The molecule has 4 aliphatic rings. The number of likely N-dealkylation sites (tertiary alicyclic amines) is 4. The fraction of sp³-hybridized carbons (Fsp3) is 0.583. The second-order valence-corrected chi connectivity index (χ2v) is 17.8. The summed E-state index contributed by atoms with van der Waals surface area (Å²) in [5, 5.41) is 16.7. The van der Waals surface area contributed by atoms with E-state index < -0.39 is 24.0 Å². The second-order valence-electron chi connectivity index (χ2n) is 17.8. The van der Waals surface area contributed by atoms with Crippen molar-refractivity contribution in [3.63, 3.8) is 0 Å². The number of carbonyl (C=O) groups excluding carboxylic acids is 4. The molecule has 0 bridgehead atoms. The van der Waals surface area contributed by atoms with Crippen LogP contribution in [0.1, 0.15) is 126 Å². The first-order chi connectivity index (χ1) is 30.5. The number of nitrogens with one attached hydrogen (secondary N) is 2. The van der Waals surface area contributed by atoms with Crippen molar-refractivity contribution in [3.8, 4) is 22.6 Å². The standard InChI is InChI=1S/C48H66N8O7/c1-6-31(2)43(32(3)57)52-46(59)39-25-35(27-41(51-39)48(61)56-23-13-16-37(56)30-54-20-9-10-21-54)34-24-38(45(58)49-28-33-14-11-17-42(62-4)44(33)63-5)50-40(26-34)47(60)55-22-12-15-36(55)29-53-18-7-8-19-53/h11,14,17,24-27,31-32,36-37,43,57H,6-10,12-13,15-16,18-23,28-30H2,1-5H3,(H,49,58)(H,52,59). The Labute approximate surface area is 371 Å². The zero-order chi connectivity index (χ0) is 44.6. The first-order valence-electron chi connectivity index (χ1n) is 23.1. The molecule has 2 aromatic heterocycles. The summed E-state index contributed by atoms with van der Waals surface area (Å²) >= 11 is 0. The number of amides is 4. The van der Waals surface area contributed by atoms with Crippen LogP contribution >= 0.6 is 0 Å². The molecule has 63 heavy (non-hydrogen) atoms. The maximum absolute atomic E-state index is 14.6. The summed E-state index contributed by atoms with van der Waals surface area (Å²) in [7, 11) is 3.09. The normalized spacial score (nSPS) is 20.7. The van der Waals surface area contributed by atoms with Gasteiger partial charge in [-0.2, -0.15) is 0 Å². The summed E-state index contributed by atoms with van der Waals surface area (Å²) < 4.78 is 11.1. The van der Waals surface area contributed by atoms with Crippen LogP contribution in [0.15, 0.2) is 42.5 Å². The number of rotatable bonds is 17. The fourth-order valence-electron chi connectivity index (χ4n) is 9.83. The highest BCUT2D eigenvalue weighted by Crippen LogP contribution is 2.32. The van der Waals surface area contributed by atoms with Crippen LogP contribution in [-0.2, 0) is 6.54 Å². The average molecular weight is 867 g/mol. The van der Waals surface area contributed by atoms with Gasteiger partial charge in [-0.1, -0.05) is 32.4 Å². The molecule has 4 amide bonds. The van der Waals surface area contributed by atoms with Gasteiger partial charge in [-0.25, -0.2) is 9.97 Å². The number of aliphatic hydroxyl groups excluding tert-OH is 1. The zero-order valence-electron chi connectivity index (χ0n) is 37.7. The molecule has 15 nitrogen and oxygen atoms in total. The van der Waals surface area contributed by atoms with E-state index in [1.165, 1.54) is 7.11 Å². The van der Waals surface area contributed by atoms with Gasteiger partial charge in [-0.05, 0) is 132 Å². The van der Waals surface area contributed by atoms with E-state index >= 15 is 0 Å². The average Bonchev–Trinajstić information content (AvgIpc) is 4.16. The van der Waals surface area contributed by atoms with E-state index in [0.29, 0.717) is 41.3 Å². The maximum Gasteiger partial charge on any atom is 0.272 e. The van der Waals surface area contributed by atoms with Crippen molar-refractivity contribution in [1.82, 2.24) is 40.2 Å². The Balaban J connectivity index is 1.28. The van der Waals surface area contributed by atoms with E-state index in [0.717, 1.165) is 97.1 Å². The van der Waals surface area contributed by atoms with E-state index in [1.807, 2.05) is 35.8 Å². The largest absolute Gasteiger partial charge is 0.493 e. The summed E-state index contributed by atoms with van der Waals surface area (Å²) in [6, 6.07) is 11.4. The third-order valence-electron chi connectivity index (χ3n) is 13.5. The quantitative estimate of drug-likeness (QED) is 0.167. The first kappa shape index (κ1) is 45.9. The summed E-state index contributed by atoms with van der Waals surface area (Å²) in [5.41, 5.74) is 1.73. The van der Waals surface area contributed by atoms with E-state index in [9.17, 15) is 24.3 Å². The summed E-state index contributed by atoms with van der Waals surface area (Å²) in [4.78, 5) is 75.6. The topological polar surface area (TPSA) is 170 Å². The number of hydrogen-bond acceptors (Lipinski definition) is 11. The molecule has 0 aliphatic carbocycles. The summed E-state index contributed by atoms with van der Waals surface area (Å²) in [6.07, 6.45) is 7.97. The van der Waals surface area contributed by atoms with Crippen molar-refractivity contribution >= 4 is 23.6 Å². The fourth-order valence-corrected chi connectivity index (χ4v) is 9.83. The number of carbonyl (C=O) groups is 4. The van der Waals surface area contributed by atoms with Crippen LogP contribution in [0.5, 0.6) is 11.5 Å². The predicted molar refractivity (Wildman–Crippen MR) is 240 cm³/mol. The molecule has 3 N–H and O–H groups in total. The molecular formula is C48H66N8O7. The van der Waals surface area contributed by atoms with E-state index in [1.54, 1.807) is 44.4 Å². The SMILES string of the molecule is CCC(C)C(NC(=O)c1cc(-c2cc(C(=O)NCc3cccc(OC)c3OC)nc(C(=O)N3CCCC3CN3CCCC3)c2)cc(C(=O)N2CCCC2CN2CCCC2)n1)C(C)O. The van der Waals surface area contributed by atoms with Crippen LogP contribution in [0.2, 0.25) is 0 Å². The monoisotopic (exact) mass is 867 g/mol. The Morgan fingerprint density at radius 3 is 1.70 bits per heavy atom. The molecule has 4 aliphatic heterocycles. The van der Waals surface area contributed by atoms with Gasteiger partial charge in [0, 0.05) is 50.4 Å². The lowest BCUT2D eigenvalue weighted by atomic mass is 9.95. The number of pyridine rings is 2. The number of benzene rings is 1. The Kier molecular flexibility index (Phi) is 15.3. The van der Waals surface area contributed by atoms with E-state index in [4.69, 9.17) is 19.4 Å². The molecule has 15 heteroatoms. The Hall–Kier alpha value is -5.12. The number of aromatic nitrogens is 2. The highest BCUT2D eigenvalue weighted by Gasteiger charge is 2.35. The van der Waals surface area contributed by atoms with Gasteiger partial charge >= 0.3 is 0 Å². The van der Waals surface area contributed by atoms with Crippen molar-refractivity contribution in [2.24, 2.45) is 5.92 Å². The second kappa shape index (κ2) is 21.0. The number of methoxy groups -OCH3 is 2. The molecule has 0 radical (unpaired) electrons. The molecule has 1 aromatic carbocycles. The van der Waals surface area contributed by atoms with Crippen LogP contribution in [-0.4, -0.2) is 149 Å². The van der Waals surface area contributed by atoms with Gasteiger partial charge < -0.3 is 44.8 Å². The van der Waals surface area contributed by atoms with E-state index in [2.05, 4.69) is 20.4 Å². The number of aliphatic hydroxyl groups is 1. The maximum atomic E-state index is 14.6. The van der Waals surface area contributed by atoms with Crippen LogP contribution in [0, 0.1) is 5.92 Å². The van der Waals surface area contributed by atoms with Crippen molar-refractivity contribution < 1.29 is 33.8 Å². The molecule has 6 heterocycles. The van der Waals surface area contributed by atoms with Gasteiger partial charge in [-0.15, -0.1) is 0 Å². The lowest BCUT2D eigenvalue weighted by molar-refractivity contribution is 0.0693. The smallest absolute Gasteiger partial charge is 0.272 e. The van der Waals surface area contributed by atoms with E-state index in [-0.39, 0.29) is 59.1 Å². The lowest BCUT2D eigenvalue weighted by Gasteiger charge is -2.29. The predicted octanol–water partition coefficient (Wildman–Crippen LogP) is 5.02. The Morgan fingerprint density at radius 2 is 1.22 bits per heavy atom. The molecule has 3 aromatic rings. The Bertz CT molecular complexity index is 2100. The minimum atomic E-state index is -0.837. The molecule has 5 unspecified atom stereocenters. The molecule has 4 saturated heterocycles. The van der Waals surface area contributed by atoms with Crippen molar-refractivity contribution in [1.29, 1.82) is 0 Å². The first-order valence-corrected chi connectivity index (χ1v) is 23.1. The summed E-state index contributed by atoms with van der Waals surface area (Å²) in [5.74, 6) is -0.647. The highest BCUT2D eigenvalue weighted by molar-refractivity contribution is 6.01. The zero-order valence-corrected chi connectivity index (χ0v) is 37.7. The minimum Gasteiger partial charge on any atom is -0.493 e. The molecule has 5 atom stereocenters. The van der Waals surface area contributed by atoms with Gasteiger partial charge in [0.25, 0.3) is 23.6 Å². The van der Waals surface area contributed by atoms with Gasteiger partial charge in [-0.3, -0.25) is 19.2 Å². The van der Waals surface area contributed by atoms with Gasteiger partial charge in [0.15, 0.2) is 11.5 Å². The number of para-hydroxylation sites is 1. The molecule has 0 spiro atoms. The number of ether oxygens (including phenoxy) is 2. The van der Waals surface area contributed by atoms with Gasteiger partial charge in [0.1, 0.15) is 22.8 Å². The van der Waals surface area contributed by atoms with Crippen molar-refractivity contribution in [2.45, 2.75) is 109 Å². The number of hydrogen-bond donors (Lipinski definition) is 3.